The lowest BCUT2D eigenvalue weighted by atomic mass is 9.66. The van der Waals surface area contributed by atoms with Crippen LogP contribution in [-0.2, 0) is 5.41 Å². The van der Waals surface area contributed by atoms with Crippen molar-refractivity contribution in [3.63, 3.8) is 0 Å². The Morgan fingerprint density at radius 2 is 1.11 bits per heavy atom. The second kappa shape index (κ2) is 7.19. The normalized spacial score (nSPS) is 13.8. The van der Waals surface area contributed by atoms with E-state index < -0.39 is 5.41 Å². The lowest BCUT2D eigenvalue weighted by molar-refractivity contribution is 0.776. The van der Waals surface area contributed by atoms with Crippen LogP contribution in [0.4, 0.5) is 0 Å². The molecule has 0 amide bonds. The lowest BCUT2D eigenvalue weighted by Gasteiger charge is -2.34. The van der Waals surface area contributed by atoms with Crippen molar-refractivity contribution in [3.8, 4) is 11.1 Å². The Morgan fingerprint density at radius 1 is 0.472 bits per heavy atom. The summed E-state index contributed by atoms with van der Waals surface area (Å²) in [5.74, 6) is 0. The van der Waals surface area contributed by atoms with Crippen LogP contribution in [0.5, 0.6) is 0 Å². The van der Waals surface area contributed by atoms with Crippen molar-refractivity contribution < 1.29 is 0 Å². The molecule has 1 aromatic heterocycles. The fraction of sp³-hybridized carbons (Fsp3) is 0.0286. The third-order valence-electron chi connectivity index (χ3n) is 8.07. The summed E-state index contributed by atoms with van der Waals surface area (Å²) in [7, 11) is 0. The summed E-state index contributed by atoms with van der Waals surface area (Å²) in [6.45, 7) is 0. The van der Waals surface area contributed by atoms with Crippen molar-refractivity contribution in [2.24, 2.45) is 0 Å². The average molecular weight is 458 g/mol. The molecule has 0 unspecified atom stereocenters. The first-order chi connectivity index (χ1) is 17.9. The molecule has 1 aliphatic rings. The topological polar surface area (TPSA) is 15.8 Å². The Labute approximate surface area is 209 Å². The van der Waals surface area contributed by atoms with Crippen LogP contribution in [0.15, 0.2) is 133 Å². The Bertz CT molecular complexity index is 1890. The predicted octanol–water partition coefficient (Wildman–Crippen LogP) is 8.84. The zero-order valence-corrected chi connectivity index (χ0v) is 19.7. The van der Waals surface area contributed by atoms with E-state index in [-0.39, 0.29) is 0 Å². The zero-order valence-electron chi connectivity index (χ0n) is 19.7. The highest BCUT2D eigenvalue weighted by atomic mass is 14.7. The maximum Gasteiger partial charge on any atom is 0.0720 e. The number of aromatic amines is 1. The number of rotatable bonds is 2. The Morgan fingerprint density at radius 3 is 1.89 bits per heavy atom. The Balaban J connectivity index is 1.66. The van der Waals surface area contributed by atoms with E-state index in [1.807, 2.05) is 0 Å². The van der Waals surface area contributed by atoms with E-state index in [2.05, 4.69) is 138 Å². The molecule has 1 aliphatic carbocycles. The van der Waals surface area contributed by atoms with Gasteiger partial charge in [-0.1, -0.05) is 127 Å². The third-order valence-corrected chi connectivity index (χ3v) is 8.07. The monoisotopic (exact) mass is 457 g/mol. The van der Waals surface area contributed by atoms with Crippen LogP contribution >= 0.6 is 0 Å². The fourth-order valence-electron chi connectivity index (χ4n) is 6.67. The molecule has 0 bridgehead atoms. The van der Waals surface area contributed by atoms with Crippen LogP contribution < -0.4 is 0 Å². The molecule has 0 aliphatic heterocycles. The van der Waals surface area contributed by atoms with Gasteiger partial charge in [0.2, 0.25) is 0 Å². The van der Waals surface area contributed by atoms with Gasteiger partial charge in [0.15, 0.2) is 0 Å². The van der Waals surface area contributed by atoms with Crippen LogP contribution in [0, 0.1) is 0 Å². The highest BCUT2D eigenvalue weighted by molar-refractivity contribution is 6.20. The molecule has 1 N–H and O–H groups in total. The molecular weight excluding hydrogens is 434 g/mol. The zero-order chi connectivity index (χ0) is 23.7. The molecule has 0 saturated carbocycles. The summed E-state index contributed by atoms with van der Waals surface area (Å²) < 4.78 is 0. The number of hydrogen-bond acceptors (Lipinski definition) is 0. The van der Waals surface area contributed by atoms with Gasteiger partial charge in [-0.15, -0.1) is 0 Å². The molecule has 1 heteroatoms. The maximum atomic E-state index is 3.82. The summed E-state index contributed by atoms with van der Waals surface area (Å²) in [6.07, 6.45) is 0. The van der Waals surface area contributed by atoms with E-state index in [0.29, 0.717) is 0 Å². The maximum absolute atomic E-state index is 3.82. The Hall–Kier alpha value is -4.62. The highest BCUT2D eigenvalue weighted by Gasteiger charge is 2.47. The summed E-state index contributed by atoms with van der Waals surface area (Å²) in [5, 5.41) is 5.12. The van der Waals surface area contributed by atoms with Gasteiger partial charge in [0.1, 0.15) is 0 Å². The van der Waals surface area contributed by atoms with Gasteiger partial charge in [0.05, 0.1) is 10.9 Å². The van der Waals surface area contributed by atoms with Gasteiger partial charge in [-0.2, -0.15) is 0 Å². The van der Waals surface area contributed by atoms with Gasteiger partial charge in [-0.05, 0) is 44.8 Å². The molecule has 0 spiro atoms. The van der Waals surface area contributed by atoms with Crippen molar-refractivity contribution >= 4 is 32.6 Å². The van der Waals surface area contributed by atoms with E-state index >= 15 is 0 Å². The number of H-pyrrole nitrogens is 1. The van der Waals surface area contributed by atoms with E-state index in [1.165, 1.54) is 66.0 Å². The van der Waals surface area contributed by atoms with Crippen LogP contribution in [0.1, 0.15) is 22.3 Å². The minimum Gasteiger partial charge on any atom is -0.354 e. The summed E-state index contributed by atoms with van der Waals surface area (Å²) in [6, 6.07) is 48.9. The molecule has 36 heavy (non-hydrogen) atoms. The molecular formula is C35H23N. The molecule has 168 valence electrons. The molecule has 0 saturated heterocycles. The summed E-state index contributed by atoms with van der Waals surface area (Å²) >= 11 is 0. The summed E-state index contributed by atoms with van der Waals surface area (Å²) in [4.78, 5) is 3.82. The molecule has 7 aromatic rings. The van der Waals surface area contributed by atoms with Crippen LogP contribution in [0.3, 0.4) is 0 Å². The third kappa shape index (κ3) is 2.40. The Kier molecular flexibility index (Phi) is 3.93. The average Bonchev–Trinajstić information content (AvgIpc) is 3.48. The van der Waals surface area contributed by atoms with Gasteiger partial charge in [-0.25, -0.2) is 0 Å². The largest absolute Gasteiger partial charge is 0.354 e. The molecule has 6 aromatic carbocycles. The molecule has 0 fully saturated rings. The molecule has 8 rings (SSSR count). The van der Waals surface area contributed by atoms with Gasteiger partial charge in [0, 0.05) is 21.7 Å². The van der Waals surface area contributed by atoms with E-state index in [9.17, 15) is 0 Å². The first-order valence-electron chi connectivity index (χ1n) is 12.5. The second-order valence-corrected chi connectivity index (χ2v) is 9.77. The van der Waals surface area contributed by atoms with Crippen LogP contribution in [-0.4, -0.2) is 4.98 Å². The van der Waals surface area contributed by atoms with Crippen LogP contribution in [0.2, 0.25) is 0 Å². The number of nitrogens with one attached hydrogen (secondary N) is 1. The number of hydrogen-bond donors (Lipinski definition) is 1. The van der Waals surface area contributed by atoms with Crippen molar-refractivity contribution in [2.45, 2.75) is 5.41 Å². The van der Waals surface area contributed by atoms with Crippen molar-refractivity contribution in [1.29, 1.82) is 0 Å². The van der Waals surface area contributed by atoms with E-state index in [0.717, 1.165) is 0 Å². The lowest BCUT2D eigenvalue weighted by Crippen LogP contribution is -2.28. The minimum atomic E-state index is -0.417. The van der Waals surface area contributed by atoms with E-state index in [4.69, 9.17) is 0 Å². The quantitative estimate of drug-likeness (QED) is 0.267. The highest BCUT2D eigenvalue weighted by Crippen LogP contribution is 2.58. The first kappa shape index (κ1) is 19.7. The number of benzene rings is 6. The van der Waals surface area contributed by atoms with E-state index in [1.54, 1.807) is 0 Å². The molecule has 1 heterocycles. The number of para-hydroxylation sites is 1. The van der Waals surface area contributed by atoms with Gasteiger partial charge in [-0.3, -0.25) is 0 Å². The second-order valence-electron chi connectivity index (χ2n) is 9.77. The van der Waals surface area contributed by atoms with Gasteiger partial charge < -0.3 is 4.98 Å². The fourth-order valence-corrected chi connectivity index (χ4v) is 6.67. The standard InChI is InChI=1S/C35H23N/c1-3-11-24(12-4-1)35(25-13-5-2-6-14-25)30-17-9-7-15-26(30)28-21-19-23-20-22-29-27-16-8-10-18-31(27)36-34(29)32(23)33(28)35/h1-22,36H. The van der Waals surface area contributed by atoms with Crippen molar-refractivity contribution in [1.82, 2.24) is 4.98 Å². The number of fused-ring (bicyclic) bond motifs is 9. The minimum absolute atomic E-state index is 0.417. The predicted molar refractivity (Wildman–Crippen MR) is 151 cm³/mol. The number of aromatic nitrogens is 1. The molecule has 0 radical (unpaired) electrons. The first-order valence-corrected chi connectivity index (χ1v) is 12.5. The van der Waals surface area contributed by atoms with Crippen molar-refractivity contribution in [3.05, 3.63) is 156 Å². The van der Waals surface area contributed by atoms with Crippen molar-refractivity contribution in [2.75, 3.05) is 0 Å². The van der Waals surface area contributed by atoms with Gasteiger partial charge >= 0.3 is 0 Å². The molecule has 1 nitrogen and oxygen atoms in total. The molecule has 0 atom stereocenters. The summed E-state index contributed by atoms with van der Waals surface area (Å²) in [5.41, 5.74) is 9.92. The van der Waals surface area contributed by atoms with Crippen LogP contribution in [0.25, 0.3) is 43.7 Å². The SMILES string of the molecule is c1ccc(C2(c3ccccc3)c3ccccc3-c3ccc4ccc5c6ccccc6[nH]c5c4c32)cc1. The smallest absolute Gasteiger partial charge is 0.0720 e. The van der Waals surface area contributed by atoms with Gasteiger partial charge in [0.25, 0.3) is 0 Å².